The van der Waals surface area contributed by atoms with E-state index in [1.165, 1.54) is 18.3 Å². The first-order valence-electron chi connectivity index (χ1n) is 11.0. The summed E-state index contributed by atoms with van der Waals surface area (Å²) in [5, 5.41) is 17.5. The van der Waals surface area contributed by atoms with Crippen LogP contribution in [0.1, 0.15) is 35.3 Å². The topological polar surface area (TPSA) is 123 Å². The summed E-state index contributed by atoms with van der Waals surface area (Å²) in [5.74, 6) is -0.255. The lowest BCUT2D eigenvalue weighted by Crippen LogP contribution is -2.48. The number of nitro benzene ring substituents is 1. The SMILES string of the molecule is CC(C)C(NC(=O)c1ccccc1)C(=O)NN=Cc1ccc(OCc2ccc([N+](=O)[O-])cc2)cc1. The molecule has 0 saturated heterocycles. The van der Waals surface area contributed by atoms with Crippen LogP contribution in [-0.2, 0) is 11.4 Å². The average molecular weight is 475 g/mol. The number of rotatable bonds is 10. The van der Waals surface area contributed by atoms with Crippen molar-refractivity contribution in [2.45, 2.75) is 26.5 Å². The molecule has 0 spiro atoms. The number of carbonyl (C=O) groups excluding carboxylic acids is 2. The molecule has 180 valence electrons. The molecular formula is C26H26N4O5. The van der Waals surface area contributed by atoms with Gasteiger partial charge in [-0.1, -0.05) is 32.0 Å². The minimum atomic E-state index is -0.741. The van der Waals surface area contributed by atoms with Crippen LogP contribution >= 0.6 is 0 Å². The number of hydrogen-bond acceptors (Lipinski definition) is 6. The fourth-order valence-corrected chi connectivity index (χ4v) is 3.12. The fraction of sp³-hybridized carbons (Fsp3) is 0.192. The second-order valence-electron chi connectivity index (χ2n) is 8.08. The molecule has 0 saturated carbocycles. The molecule has 9 heteroatoms. The van der Waals surface area contributed by atoms with E-state index in [2.05, 4.69) is 15.8 Å². The van der Waals surface area contributed by atoms with Gasteiger partial charge in [0, 0.05) is 17.7 Å². The summed E-state index contributed by atoms with van der Waals surface area (Å²) in [6.07, 6.45) is 1.49. The van der Waals surface area contributed by atoms with E-state index >= 15 is 0 Å². The van der Waals surface area contributed by atoms with E-state index in [4.69, 9.17) is 4.74 Å². The Labute approximate surface area is 203 Å². The molecule has 35 heavy (non-hydrogen) atoms. The molecule has 2 amide bonds. The zero-order valence-electron chi connectivity index (χ0n) is 19.4. The molecule has 0 radical (unpaired) electrons. The van der Waals surface area contributed by atoms with Gasteiger partial charge in [0.15, 0.2) is 0 Å². The predicted molar refractivity (Wildman–Crippen MR) is 132 cm³/mol. The number of nitrogens with one attached hydrogen (secondary N) is 2. The van der Waals surface area contributed by atoms with E-state index in [1.54, 1.807) is 60.7 Å². The van der Waals surface area contributed by atoms with Crippen LogP contribution in [0.4, 0.5) is 5.69 Å². The lowest BCUT2D eigenvalue weighted by molar-refractivity contribution is -0.384. The van der Waals surface area contributed by atoms with Crippen molar-refractivity contribution < 1.29 is 19.2 Å². The first-order chi connectivity index (χ1) is 16.8. The Morgan fingerprint density at radius 2 is 1.66 bits per heavy atom. The van der Waals surface area contributed by atoms with E-state index in [0.717, 1.165) is 11.1 Å². The minimum absolute atomic E-state index is 0.0303. The standard InChI is InChI=1S/C26H26N4O5/c1-18(2)24(28-25(31)21-6-4-3-5-7-21)26(32)29-27-16-19-10-14-23(15-11-19)35-17-20-8-12-22(13-9-20)30(33)34/h3-16,18,24H,17H2,1-2H3,(H,28,31)(H,29,32). The molecule has 0 aliphatic rings. The minimum Gasteiger partial charge on any atom is -0.489 e. The van der Waals surface area contributed by atoms with E-state index in [1.807, 2.05) is 19.9 Å². The molecule has 3 aromatic carbocycles. The Kier molecular flexibility index (Phi) is 8.66. The first-order valence-corrected chi connectivity index (χ1v) is 11.0. The van der Waals surface area contributed by atoms with E-state index < -0.39 is 16.9 Å². The molecule has 0 aliphatic carbocycles. The normalized spacial score (nSPS) is 11.7. The van der Waals surface area contributed by atoms with Crippen LogP contribution in [0.15, 0.2) is 84.0 Å². The number of nitro groups is 1. The van der Waals surface area contributed by atoms with Crippen LogP contribution in [0, 0.1) is 16.0 Å². The summed E-state index contributed by atoms with van der Waals surface area (Å²) in [7, 11) is 0. The number of non-ortho nitro benzene ring substituents is 1. The second kappa shape index (κ2) is 12.1. The second-order valence-corrected chi connectivity index (χ2v) is 8.08. The van der Waals surface area contributed by atoms with Gasteiger partial charge >= 0.3 is 0 Å². The molecule has 3 rings (SSSR count). The summed E-state index contributed by atoms with van der Waals surface area (Å²) in [5.41, 5.74) is 4.53. The molecule has 0 fully saturated rings. The van der Waals surface area contributed by atoms with E-state index in [0.29, 0.717) is 11.3 Å². The maximum absolute atomic E-state index is 12.6. The van der Waals surface area contributed by atoms with Crippen molar-refractivity contribution in [2.75, 3.05) is 0 Å². The highest BCUT2D eigenvalue weighted by atomic mass is 16.6. The van der Waals surface area contributed by atoms with Crippen molar-refractivity contribution >= 4 is 23.7 Å². The van der Waals surface area contributed by atoms with Crippen molar-refractivity contribution in [1.82, 2.24) is 10.7 Å². The number of benzene rings is 3. The van der Waals surface area contributed by atoms with Gasteiger partial charge in [-0.15, -0.1) is 0 Å². The molecule has 1 unspecified atom stereocenters. The third-order valence-corrected chi connectivity index (χ3v) is 5.09. The predicted octanol–water partition coefficient (Wildman–Crippen LogP) is 4.08. The van der Waals surface area contributed by atoms with Crippen LogP contribution < -0.4 is 15.5 Å². The molecule has 0 aliphatic heterocycles. The Morgan fingerprint density at radius 3 is 2.26 bits per heavy atom. The van der Waals surface area contributed by atoms with Gasteiger partial charge in [0.25, 0.3) is 17.5 Å². The van der Waals surface area contributed by atoms with Gasteiger partial charge in [-0.05, 0) is 65.6 Å². The highest BCUT2D eigenvalue weighted by Gasteiger charge is 2.24. The van der Waals surface area contributed by atoms with Gasteiger partial charge in [0.05, 0.1) is 11.1 Å². The molecule has 3 aromatic rings. The number of amides is 2. The first kappa shape index (κ1) is 25.1. The summed E-state index contributed by atoms with van der Waals surface area (Å²) in [4.78, 5) is 35.3. The van der Waals surface area contributed by atoms with Crippen molar-refractivity contribution in [3.63, 3.8) is 0 Å². The van der Waals surface area contributed by atoms with Crippen LogP contribution in [0.25, 0.3) is 0 Å². The van der Waals surface area contributed by atoms with Gasteiger partial charge in [0.1, 0.15) is 18.4 Å². The van der Waals surface area contributed by atoms with Crippen molar-refractivity contribution in [3.05, 3.63) is 106 Å². The Balaban J connectivity index is 1.51. The van der Waals surface area contributed by atoms with Gasteiger partial charge in [-0.25, -0.2) is 5.43 Å². The van der Waals surface area contributed by atoms with Crippen molar-refractivity contribution in [2.24, 2.45) is 11.0 Å². The van der Waals surface area contributed by atoms with Gasteiger partial charge in [-0.3, -0.25) is 19.7 Å². The largest absolute Gasteiger partial charge is 0.489 e. The quantitative estimate of drug-likeness (QED) is 0.260. The highest BCUT2D eigenvalue weighted by molar-refractivity contribution is 5.97. The fourth-order valence-electron chi connectivity index (χ4n) is 3.12. The number of hydrazone groups is 1. The number of nitrogens with zero attached hydrogens (tertiary/aromatic N) is 2. The summed E-state index contributed by atoms with van der Waals surface area (Å²) in [6, 6.07) is 21.2. The summed E-state index contributed by atoms with van der Waals surface area (Å²) in [6.45, 7) is 3.95. The molecular weight excluding hydrogens is 448 g/mol. The highest BCUT2D eigenvalue weighted by Crippen LogP contribution is 2.16. The Hall–Kier alpha value is -4.53. The van der Waals surface area contributed by atoms with Gasteiger partial charge < -0.3 is 10.1 Å². The summed E-state index contributed by atoms with van der Waals surface area (Å²) < 4.78 is 5.70. The number of ether oxygens (including phenoxy) is 1. The van der Waals surface area contributed by atoms with Crippen LogP contribution in [-0.4, -0.2) is 29.0 Å². The Morgan fingerprint density at radius 1 is 1.00 bits per heavy atom. The average Bonchev–Trinajstić information content (AvgIpc) is 2.87. The third-order valence-electron chi connectivity index (χ3n) is 5.09. The van der Waals surface area contributed by atoms with E-state index in [-0.39, 0.29) is 24.1 Å². The third kappa shape index (κ3) is 7.50. The molecule has 0 bridgehead atoms. The van der Waals surface area contributed by atoms with Crippen molar-refractivity contribution in [1.29, 1.82) is 0 Å². The summed E-state index contributed by atoms with van der Waals surface area (Å²) >= 11 is 0. The number of carbonyl (C=O) groups is 2. The lowest BCUT2D eigenvalue weighted by atomic mass is 10.0. The maximum Gasteiger partial charge on any atom is 0.269 e. The smallest absolute Gasteiger partial charge is 0.269 e. The molecule has 2 N–H and O–H groups in total. The zero-order valence-corrected chi connectivity index (χ0v) is 19.4. The van der Waals surface area contributed by atoms with Crippen LogP contribution in [0.3, 0.4) is 0 Å². The zero-order chi connectivity index (χ0) is 25.2. The monoisotopic (exact) mass is 474 g/mol. The molecule has 1 atom stereocenters. The van der Waals surface area contributed by atoms with E-state index in [9.17, 15) is 19.7 Å². The molecule has 0 aromatic heterocycles. The van der Waals surface area contributed by atoms with Crippen LogP contribution in [0.5, 0.6) is 5.75 Å². The van der Waals surface area contributed by atoms with Gasteiger partial charge in [0.2, 0.25) is 0 Å². The molecule has 9 nitrogen and oxygen atoms in total. The number of hydrogen-bond donors (Lipinski definition) is 2. The lowest BCUT2D eigenvalue weighted by Gasteiger charge is -2.20. The maximum atomic E-state index is 12.6. The van der Waals surface area contributed by atoms with Gasteiger partial charge in [-0.2, -0.15) is 5.10 Å². The van der Waals surface area contributed by atoms with Crippen molar-refractivity contribution in [3.8, 4) is 5.75 Å². The Bertz CT molecular complexity index is 1180. The molecule has 0 heterocycles. The van der Waals surface area contributed by atoms with Crippen LogP contribution in [0.2, 0.25) is 0 Å².